The van der Waals surface area contributed by atoms with Gasteiger partial charge in [-0.25, -0.2) is 0 Å². The van der Waals surface area contributed by atoms with Crippen LogP contribution < -0.4 is 0 Å². The van der Waals surface area contributed by atoms with Crippen LogP contribution >= 0.6 is 0 Å². The predicted molar refractivity (Wildman–Crippen MR) is 88.0 cm³/mol. The van der Waals surface area contributed by atoms with Gasteiger partial charge in [0.05, 0.1) is 0 Å². The molecule has 0 amide bonds. The Balaban J connectivity index is 1.88. The second-order valence-corrected chi connectivity index (χ2v) is 8.49. The van der Waals surface area contributed by atoms with E-state index in [2.05, 4.69) is 32.9 Å². The van der Waals surface area contributed by atoms with Crippen LogP contribution in [0.25, 0.3) is 0 Å². The lowest BCUT2D eigenvalue weighted by Crippen LogP contribution is -2.51. The highest BCUT2D eigenvalue weighted by Gasteiger charge is 2.55. The van der Waals surface area contributed by atoms with E-state index in [4.69, 9.17) is 0 Å². The Kier molecular flexibility index (Phi) is 4.05. The molecule has 2 saturated carbocycles. The van der Waals surface area contributed by atoms with Gasteiger partial charge in [-0.15, -0.1) is 0 Å². The van der Waals surface area contributed by atoms with Crippen LogP contribution in [0.1, 0.15) is 72.1 Å². The summed E-state index contributed by atoms with van der Waals surface area (Å²) in [6, 6.07) is 0. The lowest BCUT2D eigenvalue weighted by molar-refractivity contribution is -0.116. The average Bonchev–Trinajstić information content (AvgIpc) is 2.84. The Morgan fingerprint density at radius 2 is 2.00 bits per heavy atom. The zero-order chi connectivity index (χ0) is 15.1. The van der Waals surface area contributed by atoms with Crippen molar-refractivity contribution < 1.29 is 4.79 Å². The molecule has 0 aromatic carbocycles. The minimum atomic E-state index is 0.405. The van der Waals surface area contributed by atoms with Gasteiger partial charge in [0, 0.05) is 6.42 Å². The van der Waals surface area contributed by atoms with E-state index in [1.807, 2.05) is 0 Å². The summed E-state index contributed by atoms with van der Waals surface area (Å²) in [4.78, 5) is 11.1. The molecular formula is C20H32O. The summed E-state index contributed by atoms with van der Waals surface area (Å²) in [6.45, 7) is 7.33. The lowest BCUT2D eigenvalue weighted by atomic mass is 9.46. The Morgan fingerprint density at radius 3 is 2.71 bits per heavy atom. The molecule has 0 spiro atoms. The van der Waals surface area contributed by atoms with E-state index >= 15 is 0 Å². The smallest absolute Gasteiger partial charge is 0.120 e. The number of aldehydes is 1. The third-order valence-corrected chi connectivity index (χ3v) is 7.56. The van der Waals surface area contributed by atoms with Gasteiger partial charge in [-0.2, -0.15) is 0 Å². The molecule has 0 bridgehead atoms. The average molecular weight is 288 g/mol. The van der Waals surface area contributed by atoms with Crippen molar-refractivity contribution in [3.05, 3.63) is 12.2 Å². The minimum absolute atomic E-state index is 0.405. The molecule has 0 saturated heterocycles. The second kappa shape index (κ2) is 5.56. The molecule has 1 nitrogen and oxygen atoms in total. The molecule has 1 heteroatoms. The first-order valence-corrected chi connectivity index (χ1v) is 9.16. The summed E-state index contributed by atoms with van der Waals surface area (Å²) in [6.07, 6.45) is 16.2. The quantitative estimate of drug-likeness (QED) is 0.500. The number of carbonyl (C=O) groups is 1. The third kappa shape index (κ3) is 2.32. The first kappa shape index (κ1) is 15.3. The van der Waals surface area contributed by atoms with E-state index in [1.54, 1.807) is 0 Å². The zero-order valence-electron chi connectivity index (χ0n) is 14.1. The van der Waals surface area contributed by atoms with Crippen molar-refractivity contribution in [2.75, 3.05) is 0 Å². The normalized spacial score (nSPS) is 48.7. The molecule has 0 aliphatic heterocycles. The summed E-state index contributed by atoms with van der Waals surface area (Å²) in [5.74, 6) is 3.27. The van der Waals surface area contributed by atoms with Crippen molar-refractivity contribution in [1.82, 2.24) is 0 Å². The first-order valence-electron chi connectivity index (χ1n) is 9.16. The molecule has 0 radical (unpaired) electrons. The molecule has 0 heterocycles. The van der Waals surface area contributed by atoms with Gasteiger partial charge in [0.25, 0.3) is 0 Å². The standard InChI is InChI=1S/C20H32O/c1-4-11-20(3)15(10-14-21)7-8-16-17-6-5-12-19(17,2)13-9-18(16)20/h5,12,14-18H,4,6-11,13H2,1-3H3. The summed E-state index contributed by atoms with van der Waals surface area (Å²) in [7, 11) is 0. The van der Waals surface area contributed by atoms with Gasteiger partial charge < -0.3 is 4.79 Å². The molecule has 3 rings (SSSR count). The van der Waals surface area contributed by atoms with Crippen molar-refractivity contribution in [2.24, 2.45) is 34.5 Å². The number of fused-ring (bicyclic) bond motifs is 3. The van der Waals surface area contributed by atoms with E-state index in [-0.39, 0.29) is 0 Å². The summed E-state index contributed by atoms with van der Waals surface area (Å²) >= 11 is 0. The van der Waals surface area contributed by atoms with Gasteiger partial charge in [-0.3, -0.25) is 0 Å². The first-order chi connectivity index (χ1) is 10.0. The largest absolute Gasteiger partial charge is 0.303 e. The second-order valence-electron chi connectivity index (χ2n) is 8.49. The van der Waals surface area contributed by atoms with Crippen molar-refractivity contribution in [2.45, 2.75) is 72.1 Å². The predicted octanol–water partition coefficient (Wildman–Crippen LogP) is 5.40. The highest BCUT2D eigenvalue weighted by Crippen LogP contribution is 2.63. The van der Waals surface area contributed by atoms with Crippen LogP contribution in [0.4, 0.5) is 0 Å². The molecule has 0 aromatic rings. The van der Waals surface area contributed by atoms with E-state index in [1.165, 1.54) is 51.2 Å². The van der Waals surface area contributed by atoms with Gasteiger partial charge in [0.1, 0.15) is 6.29 Å². The van der Waals surface area contributed by atoms with Gasteiger partial charge in [0.2, 0.25) is 0 Å². The maximum Gasteiger partial charge on any atom is 0.120 e. The topological polar surface area (TPSA) is 17.1 Å². The Hall–Kier alpha value is -0.590. The van der Waals surface area contributed by atoms with E-state index < -0.39 is 0 Å². The van der Waals surface area contributed by atoms with Crippen LogP contribution in [0.2, 0.25) is 0 Å². The van der Waals surface area contributed by atoms with Crippen LogP contribution in [0.15, 0.2) is 12.2 Å². The summed E-state index contributed by atoms with van der Waals surface area (Å²) in [5, 5.41) is 0. The molecule has 0 N–H and O–H groups in total. The van der Waals surface area contributed by atoms with Crippen LogP contribution in [-0.2, 0) is 4.79 Å². The monoisotopic (exact) mass is 288 g/mol. The Morgan fingerprint density at radius 1 is 1.19 bits per heavy atom. The Labute approximate surface area is 130 Å². The van der Waals surface area contributed by atoms with Gasteiger partial charge in [-0.1, -0.05) is 39.3 Å². The molecule has 118 valence electrons. The number of rotatable bonds is 4. The van der Waals surface area contributed by atoms with Gasteiger partial charge in [0.15, 0.2) is 0 Å². The SMILES string of the molecule is CCCC1(C)C(CC=O)CCC2C3CC=CC3(C)CCC21. The van der Waals surface area contributed by atoms with Crippen LogP contribution in [-0.4, -0.2) is 6.29 Å². The maximum absolute atomic E-state index is 11.1. The molecule has 21 heavy (non-hydrogen) atoms. The van der Waals surface area contributed by atoms with Crippen molar-refractivity contribution in [1.29, 1.82) is 0 Å². The lowest BCUT2D eigenvalue weighted by Gasteiger charge is -2.58. The van der Waals surface area contributed by atoms with E-state index in [9.17, 15) is 4.79 Å². The maximum atomic E-state index is 11.1. The summed E-state index contributed by atoms with van der Waals surface area (Å²) in [5.41, 5.74) is 0.883. The molecule has 3 aliphatic carbocycles. The fraction of sp³-hybridized carbons (Fsp3) is 0.850. The fourth-order valence-electron chi connectivity index (χ4n) is 6.45. The van der Waals surface area contributed by atoms with E-state index in [0.29, 0.717) is 16.7 Å². The zero-order valence-corrected chi connectivity index (χ0v) is 14.1. The van der Waals surface area contributed by atoms with Crippen molar-refractivity contribution in [3.63, 3.8) is 0 Å². The number of carbonyl (C=O) groups excluding carboxylic acids is 1. The van der Waals surface area contributed by atoms with Gasteiger partial charge >= 0.3 is 0 Å². The molecular weight excluding hydrogens is 256 g/mol. The summed E-state index contributed by atoms with van der Waals surface area (Å²) < 4.78 is 0. The van der Waals surface area contributed by atoms with Crippen molar-refractivity contribution in [3.8, 4) is 0 Å². The Bertz CT molecular complexity index is 426. The third-order valence-electron chi connectivity index (χ3n) is 7.56. The minimum Gasteiger partial charge on any atom is -0.303 e. The fourth-order valence-corrected chi connectivity index (χ4v) is 6.45. The highest BCUT2D eigenvalue weighted by molar-refractivity contribution is 5.50. The number of hydrogen-bond acceptors (Lipinski definition) is 1. The van der Waals surface area contributed by atoms with Crippen LogP contribution in [0, 0.1) is 34.5 Å². The van der Waals surface area contributed by atoms with Crippen LogP contribution in [0.3, 0.4) is 0 Å². The number of hydrogen-bond donors (Lipinski definition) is 0. The van der Waals surface area contributed by atoms with Crippen molar-refractivity contribution >= 4 is 6.29 Å². The molecule has 3 aliphatic rings. The molecule has 2 fully saturated rings. The molecule has 6 atom stereocenters. The molecule has 0 aromatic heterocycles. The van der Waals surface area contributed by atoms with Crippen LogP contribution in [0.5, 0.6) is 0 Å². The van der Waals surface area contributed by atoms with E-state index in [0.717, 1.165) is 24.2 Å². The number of allylic oxidation sites excluding steroid dienone is 2. The molecule has 6 unspecified atom stereocenters. The highest BCUT2D eigenvalue weighted by atomic mass is 16.1. The van der Waals surface area contributed by atoms with Gasteiger partial charge in [-0.05, 0) is 73.0 Å².